The molecule has 0 aliphatic heterocycles. The second kappa shape index (κ2) is 10.1. The smallest absolute Gasteiger partial charge is 0.408 e. The molecule has 2 amide bonds. The third-order valence-corrected chi connectivity index (χ3v) is 3.94. The molecule has 1 atom stereocenters. The van der Waals surface area contributed by atoms with Gasteiger partial charge in [-0.25, -0.2) is 9.59 Å². The van der Waals surface area contributed by atoms with E-state index in [-0.39, 0.29) is 23.8 Å². The number of para-hydroxylation sites is 1. The number of alkyl carbamates (subject to hydrolysis) is 1. The maximum absolute atomic E-state index is 12.7. The molecule has 0 saturated carbocycles. The minimum Gasteiger partial charge on any atom is -0.478 e. The van der Waals surface area contributed by atoms with Gasteiger partial charge in [-0.15, -0.1) is 0 Å². The van der Waals surface area contributed by atoms with Gasteiger partial charge in [-0.3, -0.25) is 4.79 Å². The van der Waals surface area contributed by atoms with Crippen molar-refractivity contribution in [1.29, 1.82) is 0 Å². The number of carbonyl (C=O) groups is 3. The number of ether oxygens (including phenoxy) is 1. The van der Waals surface area contributed by atoms with E-state index < -0.39 is 24.0 Å². The molecule has 148 valence electrons. The standard InChI is InChI=1S/C21H24N2O5/c1-14(2)12-18(23-21(27)28-13-15-8-4-3-5-9-15)19(24)22-17-11-7-6-10-16(17)20(25)26/h3-11,14,18H,12-13H2,1-2H3,(H,22,24)(H,23,27)(H,25,26)/t18-/m0/s1. The normalized spacial score (nSPS) is 11.5. The van der Waals surface area contributed by atoms with Crippen LogP contribution in [0.2, 0.25) is 0 Å². The predicted molar refractivity (Wildman–Crippen MR) is 105 cm³/mol. The number of benzene rings is 2. The Morgan fingerprint density at radius 2 is 1.64 bits per heavy atom. The number of nitrogens with one attached hydrogen (secondary N) is 2. The molecule has 0 fully saturated rings. The van der Waals surface area contributed by atoms with Crippen molar-refractivity contribution in [2.75, 3.05) is 5.32 Å². The zero-order valence-corrected chi connectivity index (χ0v) is 15.8. The Balaban J connectivity index is 2.02. The van der Waals surface area contributed by atoms with Gasteiger partial charge >= 0.3 is 12.1 Å². The summed E-state index contributed by atoms with van der Waals surface area (Å²) in [5.41, 5.74) is 0.983. The van der Waals surface area contributed by atoms with Crippen molar-refractivity contribution < 1.29 is 24.2 Å². The number of carboxylic acids is 1. The molecule has 2 aromatic rings. The van der Waals surface area contributed by atoms with Crippen LogP contribution < -0.4 is 10.6 Å². The molecule has 0 heterocycles. The molecular formula is C21H24N2O5. The SMILES string of the molecule is CC(C)C[C@H](NC(=O)OCc1ccccc1)C(=O)Nc1ccccc1C(=O)O. The van der Waals surface area contributed by atoms with Gasteiger partial charge in [0.05, 0.1) is 11.3 Å². The minimum absolute atomic E-state index is 0.0224. The largest absolute Gasteiger partial charge is 0.478 e. The molecule has 0 aromatic heterocycles. The third-order valence-electron chi connectivity index (χ3n) is 3.94. The fourth-order valence-corrected chi connectivity index (χ4v) is 2.61. The Hall–Kier alpha value is -3.35. The molecule has 7 heteroatoms. The maximum Gasteiger partial charge on any atom is 0.408 e. The molecule has 0 spiro atoms. The zero-order chi connectivity index (χ0) is 20.5. The van der Waals surface area contributed by atoms with Crippen LogP contribution in [-0.2, 0) is 16.1 Å². The second-order valence-corrected chi connectivity index (χ2v) is 6.73. The van der Waals surface area contributed by atoms with Gasteiger partial charge in [-0.05, 0) is 30.0 Å². The molecule has 7 nitrogen and oxygen atoms in total. The van der Waals surface area contributed by atoms with E-state index in [4.69, 9.17) is 4.74 Å². The molecule has 0 saturated heterocycles. The first-order valence-corrected chi connectivity index (χ1v) is 8.97. The van der Waals surface area contributed by atoms with Gasteiger partial charge in [0.1, 0.15) is 12.6 Å². The van der Waals surface area contributed by atoms with Crippen LogP contribution in [-0.4, -0.2) is 29.1 Å². The van der Waals surface area contributed by atoms with Crippen LogP contribution in [0, 0.1) is 5.92 Å². The molecule has 28 heavy (non-hydrogen) atoms. The van der Waals surface area contributed by atoms with E-state index in [1.54, 1.807) is 12.1 Å². The van der Waals surface area contributed by atoms with Crippen LogP contribution in [0.15, 0.2) is 54.6 Å². The van der Waals surface area contributed by atoms with E-state index >= 15 is 0 Å². The molecule has 0 aliphatic rings. The van der Waals surface area contributed by atoms with Crippen LogP contribution in [0.25, 0.3) is 0 Å². The van der Waals surface area contributed by atoms with Crippen molar-refractivity contribution in [2.24, 2.45) is 5.92 Å². The lowest BCUT2D eigenvalue weighted by molar-refractivity contribution is -0.118. The van der Waals surface area contributed by atoms with Crippen LogP contribution in [0.1, 0.15) is 36.2 Å². The number of rotatable bonds is 8. The summed E-state index contributed by atoms with van der Waals surface area (Å²) in [6.45, 7) is 3.93. The first-order valence-electron chi connectivity index (χ1n) is 8.97. The highest BCUT2D eigenvalue weighted by atomic mass is 16.5. The minimum atomic E-state index is -1.15. The van der Waals surface area contributed by atoms with E-state index in [0.29, 0.717) is 6.42 Å². The summed E-state index contributed by atoms with van der Waals surface area (Å²) in [6.07, 6.45) is -0.335. The fourth-order valence-electron chi connectivity index (χ4n) is 2.61. The Morgan fingerprint density at radius 1 is 1.00 bits per heavy atom. The summed E-state index contributed by atoms with van der Waals surface area (Å²) >= 11 is 0. The van der Waals surface area contributed by atoms with Crippen LogP contribution >= 0.6 is 0 Å². The van der Waals surface area contributed by atoms with Crippen LogP contribution in [0.4, 0.5) is 10.5 Å². The second-order valence-electron chi connectivity index (χ2n) is 6.73. The van der Waals surface area contributed by atoms with Crippen molar-refractivity contribution in [3.63, 3.8) is 0 Å². The van der Waals surface area contributed by atoms with E-state index in [1.807, 2.05) is 44.2 Å². The van der Waals surface area contributed by atoms with Crippen molar-refractivity contribution in [1.82, 2.24) is 5.32 Å². The van der Waals surface area contributed by atoms with Gasteiger partial charge in [0.25, 0.3) is 0 Å². The summed E-state index contributed by atoms with van der Waals surface area (Å²) < 4.78 is 5.18. The first-order chi connectivity index (χ1) is 13.4. The highest BCUT2D eigenvalue weighted by Gasteiger charge is 2.24. The van der Waals surface area contributed by atoms with Crippen molar-refractivity contribution >= 4 is 23.7 Å². The van der Waals surface area contributed by atoms with Gasteiger partial charge in [-0.1, -0.05) is 56.3 Å². The monoisotopic (exact) mass is 384 g/mol. The molecular weight excluding hydrogens is 360 g/mol. The fraction of sp³-hybridized carbons (Fsp3) is 0.286. The van der Waals surface area contributed by atoms with E-state index in [1.165, 1.54) is 12.1 Å². The Morgan fingerprint density at radius 3 is 2.29 bits per heavy atom. The summed E-state index contributed by atoms with van der Waals surface area (Å²) in [5, 5.41) is 14.4. The zero-order valence-electron chi connectivity index (χ0n) is 15.8. The average molecular weight is 384 g/mol. The third kappa shape index (κ3) is 6.42. The number of carboxylic acid groups (broad SMARTS) is 1. The number of aromatic carboxylic acids is 1. The molecule has 0 aliphatic carbocycles. The summed E-state index contributed by atoms with van der Waals surface area (Å²) in [4.78, 5) is 36.1. The van der Waals surface area contributed by atoms with Crippen molar-refractivity contribution in [3.8, 4) is 0 Å². The number of carbonyl (C=O) groups excluding carboxylic acids is 2. The Bertz CT molecular complexity index is 821. The Labute approximate surface area is 163 Å². The van der Waals surface area contributed by atoms with Crippen LogP contribution in [0.3, 0.4) is 0 Å². The highest BCUT2D eigenvalue weighted by molar-refractivity contribution is 6.02. The number of hydrogen-bond acceptors (Lipinski definition) is 4. The van der Waals surface area contributed by atoms with Gasteiger partial charge in [-0.2, -0.15) is 0 Å². The highest BCUT2D eigenvalue weighted by Crippen LogP contribution is 2.16. The van der Waals surface area contributed by atoms with Crippen molar-refractivity contribution in [2.45, 2.75) is 32.9 Å². The van der Waals surface area contributed by atoms with Crippen LogP contribution in [0.5, 0.6) is 0 Å². The van der Waals surface area contributed by atoms with Crippen molar-refractivity contribution in [3.05, 3.63) is 65.7 Å². The lowest BCUT2D eigenvalue weighted by atomic mass is 10.0. The molecule has 3 N–H and O–H groups in total. The number of amides is 2. The molecule has 2 aromatic carbocycles. The average Bonchev–Trinajstić information content (AvgIpc) is 2.66. The number of anilines is 1. The van der Waals surface area contributed by atoms with Gasteiger partial charge in [0, 0.05) is 0 Å². The molecule has 2 rings (SSSR count). The quantitative estimate of drug-likeness (QED) is 0.644. The van der Waals surface area contributed by atoms with E-state index in [0.717, 1.165) is 5.56 Å². The van der Waals surface area contributed by atoms with Gasteiger partial charge < -0.3 is 20.5 Å². The van der Waals surface area contributed by atoms with E-state index in [9.17, 15) is 19.5 Å². The number of hydrogen-bond donors (Lipinski definition) is 3. The summed E-state index contributed by atoms with van der Waals surface area (Å²) in [6, 6.07) is 14.4. The lowest BCUT2D eigenvalue weighted by Crippen LogP contribution is -2.44. The molecule has 0 unspecified atom stereocenters. The maximum atomic E-state index is 12.7. The molecule has 0 bridgehead atoms. The molecule has 0 radical (unpaired) electrons. The van der Waals surface area contributed by atoms with Gasteiger partial charge in [0.2, 0.25) is 5.91 Å². The predicted octanol–water partition coefficient (Wildman–Crippen LogP) is 3.66. The Kier molecular flexibility index (Phi) is 7.56. The summed E-state index contributed by atoms with van der Waals surface area (Å²) in [5.74, 6) is -1.52. The first kappa shape index (κ1) is 21.0. The van der Waals surface area contributed by atoms with E-state index in [2.05, 4.69) is 10.6 Å². The lowest BCUT2D eigenvalue weighted by Gasteiger charge is -2.20. The summed E-state index contributed by atoms with van der Waals surface area (Å²) in [7, 11) is 0. The topological polar surface area (TPSA) is 105 Å². The van der Waals surface area contributed by atoms with Gasteiger partial charge in [0.15, 0.2) is 0 Å².